The summed E-state index contributed by atoms with van der Waals surface area (Å²) in [6, 6.07) is 5.01. The molecule has 0 aromatic heterocycles. The molecule has 0 saturated carbocycles. The molecule has 0 aliphatic carbocycles. The van der Waals surface area contributed by atoms with Gasteiger partial charge in [0.2, 0.25) is 0 Å². The number of rotatable bonds is 3. The number of halogens is 4. The third kappa shape index (κ3) is 3.54. The zero-order valence-corrected chi connectivity index (χ0v) is 14.0. The molecule has 0 N–H and O–H groups in total. The van der Waals surface area contributed by atoms with E-state index in [1.165, 1.54) is 6.07 Å². The van der Waals surface area contributed by atoms with Crippen LogP contribution in [0.3, 0.4) is 0 Å². The van der Waals surface area contributed by atoms with Gasteiger partial charge >= 0.3 is 6.18 Å². The summed E-state index contributed by atoms with van der Waals surface area (Å²) in [7, 11) is 4.03. The van der Waals surface area contributed by atoms with Crippen molar-refractivity contribution in [2.45, 2.75) is 24.5 Å². The fourth-order valence-electron chi connectivity index (χ4n) is 2.97. The van der Waals surface area contributed by atoms with Crippen LogP contribution < -0.4 is 4.90 Å². The fourth-order valence-corrected chi connectivity index (χ4v) is 3.46. The van der Waals surface area contributed by atoms with E-state index in [-0.39, 0.29) is 10.9 Å². The Kier molecular flexibility index (Phi) is 4.88. The summed E-state index contributed by atoms with van der Waals surface area (Å²) in [4.78, 5) is 4.19. The van der Waals surface area contributed by atoms with E-state index in [2.05, 4.69) is 27.8 Å². The van der Waals surface area contributed by atoms with E-state index < -0.39 is 11.7 Å². The Labute approximate surface area is 132 Å². The molecule has 1 fully saturated rings. The molecule has 1 saturated heterocycles. The van der Waals surface area contributed by atoms with Crippen molar-refractivity contribution in [2.24, 2.45) is 5.92 Å². The molecule has 2 unspecified atom stereocenters. The topological polar surface area (TPSA) is 6.48 Å². The summed E-state index contributed by atoms with van der Waals surface area (Å²) >= 11 is 3.13. The highest BCUT2D eigenvalue weighted by Gasteiger charge is 2.35. The van der Waals surface area contributed by atoms with Crippen LogP contribution >= 0.6 is 15.9 Å². The van der Waals surface area contributed by atoms with Crippen molar-refractivity contribution in [3.05, 3.63) is 29.3 Å². The van der Waals surface area contributed by atoms with Crippen LogP contribution in [0.25, 0.3) is 0 Å². The molecule has 2 atom stereocenters. The van der Waals surface area contributed by atoms with Gasteiger partial charge < -0.3 is 9.80 Å². The normalized spacial score (nSPS) is 23.1. The number of likely N-dealkylation sites (N-methyl/N-ethyl adjacent to an activating group) is 1. The smallest absolute Gasteiger partial charge is 0.370 e. The highest BCUT2D eigenvalue weighted by Crippen LogP contribution is 2.36. The van der Waals surface area contributed by atoms with Gasteiger partial charge in [-0.15, -0.1) is 0 Å². The van der Waals surface area contributed by atoms with Crippen LogP contribution in [0.15, 0.2) is 18.2 Å². The van der Waals surface area contributed by atoms with Gasteiger partial charge in [-0.3, -0.25) is 0 Å². The van der Waals surface area contributed by atoms with Gasteiger partial charge in [0.05, 0.1) is 5.56 Å². The molecule has 1 aromatic rings. The average Bonchev–Trinajstić information content (AvgIpc) is 2.79. The minimum absolute atomic E-state index is 0.207. The first-order chi connectivity index (χ1) is 9.74. The van der Waals surface area contributed by atoms with Crippen molar-refractivity contribution >= 4 is 21.6 Å². The monoisotopic (exact) mass is 364 g/mol. The van der Waals surface area contributed by atoms with Crippen molar-refractivity contribution in [3.8, 4) is 0 Å². The standard InChI is InChI=1S/C15H20BrF3N2/c1-10-8-21(9-14(10)20(2)3)12-5-4-11(7-16)13(6-12)15(17,18)19/h4-6,10,14H,7-9H2,1-3H3. The van der Waals surface area contributed by atoms with Gasteiger partial charge in [0.1, 0.15) is 0 Å². The second kappa shape index (κ2) is 6.16. The van der Waals surface area contributed by atoms with Gasteiger partial charge in [0, 0.05) is 30.1 Å². The van der Waals surface area contributed by atoms with E-state index in [0.29, 0.717) is 17.6 Å². The number of alkyl halides is 4. The average molecular weight is 365 g/mol. The van der Waals surface area contributed by atoms with Crippen molar-refractivity contribution < 1.29 is 13.2 Å². The van der Waals surface area contributed by atoms with Crippen LogP contribution in [0.2, 0.25) is 0 Å². The molecule has 0 bridgehead atoms. The predicted octanol–water partition coefficient (Wildman–Crippen LogP) is 3.99. The van der Waals surface area contributed by atoms with Gasteiger partial charge in [0.15, 0.2) is 0 Å². The van der Waals surface area contributed by atoms with E-state index in [4.69, 9.17) is 0 Å². The molecule has 6 heteroatoms. The summed E-state index contributed by atoms with van der Waals surface area (Å²) in [5.74, 6) is 0.435. The Morgan fingerprint density at radius 1 is 1.29 bits per heavy atom. The Hall–Kier alpha value is -0.750. The number of hydrogen-bond donors (Lipinski definition) is 0. The van der Waals surface area contributed by atoms with Crippen LogP contribution in [0, 0.1) is 5.92 Å². The number of nitrogens with zero attached hydrogens (tertiary/aromatic N) is 2. The largest absolute Gasteiger partial charge is 0.416 e. The number of benzene rings is 1. The van der Waals surface area contributed by atoms with E-state index >= 15 is 0 Å². The number of hydrogen-bond acceptors (Lipinski definition) is 2. The van der Waals surface area contributed by atoms with E-state index in [1.807, 2.05) is 19.0 Å². The van der Waals surface area contributed by atoms with Gasteiger partial charge in [-0.05, 0) is 37.7 Å². The van der Waals surface area contributed by atoms with Crippen molar-refractivity contribution in [1.29, 1.82) is 0 Å². The molecule has 0 radical (unpaired) electrons. The van der Waals surface area contributed by atoms with Crippen LogP contribution in [0.5, 0.6) is 0 Å². The lowest BCUT2D eigenvalue weighted by atomic mass is 10.1. The molecule has 1 aliphatic rings. The lowest BCUT2D eigenvalue weighted by Gasteiger charge is -2.23. The molecular formula is C15H20BrF3N2. The summed E-state index contributed by atoms with van der Waals surface area (Å²) in [6.07, 6.45) is -4.31. The molecule has 1 aromatic carbocycles. The molecular weight excluding hydrogens is 345 g/mol. The first-order valence-electron chi connectivity index (χ1n) is 6.91. The molecule has 0 spiro atoms. The maximum atomic E-state index is 13.1. The van der Waals surface area contributed by atoms with Crippen molar-refractivity contribution in [3.63, 3.8) is 0 Å². The molecule has 0 amide bonds. The number of anilines is 1. The fraction of sp³-hybridized carbons (Fsp3) is 0.600. The Bertz CT molecular complexity index is 502. The third-order valence-electron chi connectivity index (χ3n) is 4.14. The van der Waals surface area contributed by atoms with Crippen molar-refractivity contribution in [1.82, 2.24) is 4.90 Å². The Balaban J connectivity index is 2.30. The van der Waals surface area contributed by atoms with Gasteiger partial charge in [-0.1, -0.05) is 28.9 Å². The maximum absolute atomic E-state index is 13.1. The summed E-state index contributed by atoms with van der Waals surface area (Å²) < 4.78 is 39.4. The van der Waals surface area contributed by atoms with Gasteiger partial charge in [0.25, 0.3) is 0 Å². The minimum Gasteiger partial charge on any atom is -0.370 e. The quantitative estimate of drug-likeness (QED) is 0.748. The zero-order chi connectivity index (χ0) is 15.8. The molecule has 2 nitrogen and oxygen atoms in total. The first kappa shape index (κ1) is 16.6. The lowest BCUT2D eigenvalue weighted by Crippen LogP contribution is -2.34. The van der Waals surface area contributed by atoms with Crippen molar-refractivity contribution in [2.75, 3.05) is 32.1 Å². The SMILES string of the molecule is CC1CN(c2ccc(CBr)c(C(F)(F)F)c2)CC1N(C)C. The molecule has 1 heterocycles. The third-order valence-corrected chi connectivity index (χ3v) is 4.75. The summed E-state index contributed by atoms with van der Waals surface area (Å²) in [5, 5.41) is 0.207. The molecule has 118 valence electrons. The van der Waals surface area contributed by atoms with E-state index in [1.54, 1.807) is 12.1 Å². The highest BCUT2D eigenvalue weighted by atomic mass is 79.9. The van der Waals surface area contributed by atoms with Crippen LogP contribution in [-0.2, 0) is 11.5 Å². The summed E-state index contributed by atoms with van der Waals surface area (Å²) in [6.45, 7) is 3.69. The maximum Gasteiger partial charge on any atom is 0.416 e. The van der Waals surface area contributed by atoms with Crippen LogP contribution in [-0.4, -0.2) is 38.1 Å². The predicted molar refractivity (Wildman–Crippen MR) is 82.9 cm³/mol. The van der Waals surface area contributed by atoms with Crippen LogP contribution in [0.4, 0.5) is 18.9 Å². The van der Waals surface area contributed by atoms with E-state index in [9.17, 15) is 13.2 Å². The molecule has 21 heavy (non-hydrogen) atoms. The first-order valence-corrected chi connectivity index (χ1v) is 8.03. The van der Waals surface area contributed by atoms with Gasteiger partial charge in [-0.2, -0.15) is 13.2 Å². The summed E-state index contributed by atoms with van der Waals surface area (Å²) in [5.41, 5.74) is 0.392. The second-order valence-corrected chi connectivity index (χ2v) is 6.45. The molecule has 2 rings (SSSR count). The van der Waals surface area contributed by atoms with E-state index in [0.717, 1.165) is 13.1 Å². The second-order valence-electron chi connectivity index (χ2n) is 5.89. The molecule has 1 aliphatic heterocycles. The van der Waals surface area contributed by atoms with Gasteiger partial charge in [-0.25, -0.2) is 0 Å². The minimum atomic E-state index is -4.31. The van der Waals surface area contributed by atoms with Crippen LogP contribution in [0.1, 0.15) is 18.1 Å². The highest BCUT2D eigenvalue weighted by molar-refractivity contribution is 9.08. The lowest BCUT2D eigenvalue weighted by molar-refractivity contribution is -0.138. The zero-order valence-electron chi connectivity index (χ0n) is 12.4. The Morgan fingerprint density at radius 3 is 2.43 bits per heavy atom. The Morgan fingerprint density at radius 2 is 1.95 bits per heavy atom.